The number of nitrogens with zero attached hydrogens (tertiary/aromatic N) is 4. The summed E-state index contributed by atoms with van der Waals surface area (Å²) in [6, 6.07) is 10.6. The van der Waals surface area contributed by atoms with E-state index in [9.17, 15) is 4.79 Å². The van der Waals surface area contributed by atoms with Crippen molar-refractivity contribution in [1.29, 1.82) is 5.26 Å². The Hall–Kier alpha value is -3.73. The van der Waals surface area contributed by atoms with E-state index in [-0.39, 0.29) is 11.5 Å². The number of aromatic nitrogens is 3. The Morgan fingerprint density at radius 2 is 2.04 bits per heavy atom. The molecule has 0 aliphatic heterocycles. The minimum absolute atomic E-state index is 0.284. The number of benzene rings is 1. The first-order chi connectivity index (χ1) is 11.6. The van der Waals surface area contributed by atoms with Gasteiger partial charge in [-0.15, -0.1) is 0 Å². The zero-order valence-corrected chi connectivity index (χ0v) is 12.6. The van der Waals surface area contributed by atoms with E-state index in [1.54, 1.807) is 37.3 Å². The zero-order chi connectivity index (χ0) is 16.9. The van der Waals surface area contributed by atoms with Crippen molar-refractivity contribution >= 4 is 23.4 Å². The number of aryl methyl sites for hydroxylation is 1. The number of anilines is 3. The summed E-state index contributed by atoms with van der Waals surface area (Å²) >= 11 is 0. The van der Waals surface area contributed by atoms with Crippen LogP contribution in [-0.2, 0) is 0 Å². The summed E-state index contributed by atoms with van der Waals surface area (Å²) in [5.74, 6) is 0.856. The van der Waals surface area contributed by atoms with E-state index < -0.39 is 0 Å². The maximum absolute atomic E-state index is 12.0. The first-order valence-electron chi connectivity index (χ1n) is 6.98. The van der Waals surface area contributed by atoms with Crippen LogP contribution in [-0.4, -0.2) is 21.0 Å². The molecule has 3 rings (SSSR count). The van der Waals surface area contributed by atoms with Gasteiger partial charge in [-0.2, -0.15) is 5.26 Å². The third-order valence-electron chi connectivity index (χ3n) is 3.03. The van der Waals surface area contributed by atoms with E-state index >= 15 is 0 Å². The van der Waals surface area contributed by atoms with Crippen LogP contribution in [0.4, 0.5) is 17.5 Å². The van der Waals surface area contributed by atoms with E-state index in [2.05, 4.69) is 31.8 Å². The first kappa shape index (κ1) is 15.2. The highest BCUT2D eigenvalue weighted by Gasteiger charge is 2.10. The van der Waals surface area contributed by atoms with E-state index in [4.69, 9.17) is 9.78 Å². The molecule has 1 aromatic carbocycles. The van der Waals surface area contributed by atoms with Gasteiger partial charge in [-0.25, -0.2) is 9.97 Å². The first-order valence-corrected chi connectivity index (χ1v) is 6.98. The Morgan fingerprint density at radius 1 is 1.25 bits per heavy atom. The predicted molar refractivity (Wildman–Crippen MR) is 85.7 cm³/mol. The minimum atomic E-state index is -0.388. The molecule has 24 heavy (non-hydrogen) atoms. The highest BCUT2D eigenvalue weighted by Crippen LogP contribution is 2.14. The van der Waals surface area contributed by atoms with Gasteiger partial charge < -0.3 is 15.2 Å². The average molecular weight is 320 g/mol. The molecule has 0 saturated carbocycles. The average Bonchev–Trinajstić information content (AvgIpc) is 3.00. The lowest BCUT2D eigenvalue weighted by Gasteiger charge is -2.05. The van der Waals surface area contributed by atoms with Crippen LogP contribution in [0, 0.1) is 18.3 Å². The summed E-state index contributed by atoms with van der Waals surface area (Å²) in [7, 11) is 0. The summed E-state index contributed by atoms with van der Waals surface area (Å²) in [4.78, 5) is 20.2. The van der Waals surface area contributed by atoms with Crippen LogP contribution in [0.25, 0.3) is 0 Å². The van der Waals surface area contributed by atoms with Crippen molar-refractivity contribution in [3.05, 3.63) is 59.6 Å². The number of nitrogens with one attached hydrogen (secondary N) is 2. The fraction of sp³-hybridized carbons (Fsp3) is 0.0625. The molecule has 2 heterocycles. The fourth-order valence-corrected chi connectivity index (χ4v) is 1.92. The quantitative estimate of drug-likeness (QED) is 0.758. The molecule has 0 radical (unpaired) electrons. The Morgan fingerprint density at radius 3 is 2.71 bits per heavy atom. The van der Waals surface area contributed by atoms with Gasteiger partial charge in [-0.3, -0.25) is 4.79 Å². The molecular weight excluding hydrogens is 308 g/mol. The van der Waals surface area contributed by atoms with E-state index in [1.807, 2.05) is 0 Å². The second-order valence-corrected chi connectivity index (χ2v) is 4.89. The minimum Gasteiger partial charge on any atom is -0.360 e. The molecule has 0 saturated heterocycles. The molecule has 0 unspecified atom stereocenters. The van der Waals surface area contributed by atoms with Crippen LogP contribution < -0.4 is 10.6 Å². The highest BCUT2D eigenvalue weighted by atomic mass is 16.5. The van der Waals surface area contributed by atoms with Gasteiger partial charge in [0.1, 0.15) is 5.76 Å². The molecule has 2 N–H and O–H groups in total. The van der Waals surface area contributed by atoms with Crippen LogP contribution in [0.3, 0.4) is 0 Å². The summed E-state index contributed by atoms with van der Waals surface area (Å²) in [5, 5.41) is 18.1. The van der Waals surface area contributed by atoms with Gasteiger partial charge in [0.05, 0.1) is 17.2 Å². The highest BCUT2D eigenvalue weighted by molar-refractivity contribution is 6.03. The van der Waals surface area contributed by atoms with E-state index in [0.29, 0.717) is 28.8 Å². The molecule has 0 spiro atoms. The van der Waals surface area contributed by atoms with Gasteiger partial charge >= 0.3 is 0 Å². The van der Waals surface area contributed by atoms with Crippen molar-refractivity contribution in [3.8, 4) is 6.07 Å². The van der Waals surface area contributed by atoms with Gasteiger partial charge in [0.25, 0.3) is 5.91 Å². The molecule has 0 bridgehead atoms. The number of rotatable bonds is 4. The Kier molecular flexibility index (Phi) is 4.16. The fourth-order valence-electron chi connectivity index (χ4n) is 1.92. The van der Waals surface area contributed by atoms with Crippen LogP contribution in [0.15, 0.2) is 47.2 Å². The van der Waals surface area contributed by atoms with Crippen molar-refractivity contribution in [2.75, 3.05) is 10.6 Å². The molecule has 118 valence electrons. The van der Waals surface area contributed by atoms with Crippen molar-refractivity contribution in [1.82, 2.24) is 15.1 Å². The van der Waals surface area contributed by atoms with Crippen LogP contribution in [0.5, 0.6) is 0 Å². The Labute approximate surface area is 137 Å². The number of carbonyl (C=O) groups excluding carboxylic acids is 1. The summed E-state index contributed by atoms with van der Waals surface area (Å²) < 4.78 is 4.88. The second-order valence-electron chi connectivity index (χ2n) is 4.89. The Balaban J connectivity index is 1.68. The third-order valence-corrected chi connectivity index (χ3v) is 3.03. The third kappa shape index (κ3) is 3.53. The monoisotopic (exact) mass is 320 g/mol. The zero-order valence-electron chi connectivity index (χ0n) is 12.6. The van der Waals surface area contributed by atoms with Crippen molar-refractivity contribution in [2.24, 2.45) is 0 Å². The molecule has 8 heteroatoms. The molecule has 8 nitrogen and oxygen atoms in total. The molecule has 2 aromatic heterocycles. The number of hydrogen-bond acceptors (Lipinski definition) is 7. The molecule has 3 aromatic rings. The SMILES string of the molecule is Cc1cc(NC(=O)c2cnc(Nc3cccc(C#N)c3)nc2)no1. The van der Waals surface area contributed by atoms with Gasteiger partial charge in [0.2, 0.25) is 5.95 Å². The van der Waals surface area contributed by atoms with E-state index in [0.717, 1.165) is 0 Å². The largest absolute Gasteiger partial charge is 0.360 e. The van der Waals surface area contributed by atoms with Crippen LogP contribution >= 0.6 is 0 Å². The maximum atomic E-state index is 12.0. The number of amides is 1. The normalized spacial score (nSPS) is 10.0. The van der Waals surface area contributed by atoms with Crippen molar-refractivity contribution < 1.29 is 9.32 Å². The summed E-state index contributed by atoms with van der Waals surface area (Å²) in [5.41, 5.74) is 1.50. The molecule has 0 atom stereocenters. The number of carbonyl (C=O) groups is 1. The van der Waals surface area contributed by atoms with Gasteiger partial charge in [-0.1, -0.05) is 11.2 Å². The second kappa shape index (κ2) is 6.58. The predicted octanol–water partition coefficient (Wildman–Crippen LogP) is 2.64. The van der Waals surface area contributed by atoms with Crippen LogP contribution in [0.2, 0.25) is 0 Å². The van der Waals surface area contributed by atoms with Crippen LogP contribution in [0.1, 0.15) is 21.7 Å². The lowest BCUT2D eigenvalue weighted by Crippen LogP contribution is -2.13. The molecule has 0 fully saturated rings. The maximum Gasteiger partial charge on any atom is 0.260 e. The molecular formula is C16H12N6O2. The topological polar surface area (TPSA) is 117 Å². The number of nitriles is 1. The van der Waals surface area contributed by atoms with Gasteiger partial charge in [0, 0.05) is 24.1 Å². The van der Waals surface area contributed by atoms with Gasteiger partial charge in [0.15, 0.2) is 5.82 Å². The summed E-state index contributed by atoms with van der Waals surface area (Å²) in [6.07, 6.45) is 2.79. The Bertz CT molecular complexity index is 911. The molecule has 1 amide bonds. The smallest absolute Gasteiger partial charge is 0.260 e. The summed E-state index contributed by atoms with van der Waals surface area (Å²) in [6.45, 7) is 1.73. The van der Waals surface area contributed by atoms with Gasteiger partial charge in [-0.05, 0) is 25.1 Å². The van der Waals surface area contributed by atoms with E-state index in [1.165, 1.54) is 12.4 Å². The van der Waals surface area contributed by atoms with Crippen molar-refractivity contribution in [2.45, 2.75) is 6.92 Å². The number of hydrogen-bond donors (Lipinski definition) is 2. The standard InChI is InChI=1S/C16H12N6O2/c1-10-5-14(22-24-10)21-15(23)12-8-18-16(19-9-12)20-13-4-2-3-11(6-13)7-17/h2-6,8-9H,1H3,(H,18,19,20)(H,21,22,23). The lowest BCUT2D eigenvalue weighted by molar-refractivity contribution is 0.102. The molecule has 0 aliphatic carbocycles. The molecule has 0 aliphatic rings. The lowest BCUT2D eigenvalue weighted by atomic mass is 10.2. The van der Waals surface area contributed by atoms with Crippen molar-refractivity contribution in [3.63, 3.8) is 0 Å².